The van der Waals surface area contributed by atoms with Gasteiger partial charge in [-0.15, -0.1) is 0 Å². The van der Waals surface area contributed by atoms with Crippen molar-refractivity contribution < 1.29 is 38.9 Å². The monoisotopic (exact) mass is 822 g/mol. The van der Waals surface area contributed by atoms with Crippen molar-refractivity contribution in [3.63, 3.8) is 0 Å². The number of esters is 2. The summed E-state index contributed by atoms with van der Waals surface area (Å²) in [5.41, 5.74) is 4.64. The second-order valence-electron chi connectivity index (χ2n) is 15.8. The van der Waals surface area contributed by atoms with Gasteiger partial charge in [-0.1, -0.05) is 110 Å². The van der Waals surface area contributed by atoms with Crippen LogP contribution in [0.3, 0.4) is 0 Å². The Morgan fingerprint density at radius 3 is 1.22 bits per heavy atom. The van der Waals surface area contributed by atoms with E-state index in [0.717, 1.165) is 36.1 Å². The Kier molecular flexibility index (Phi) is 18.9. The van der Waals surface area contributed by atoms with Crippen molar-refractivity contribution in [2.45, 2.75) is 77.9 Å². The number of aliphatic carboxylic acids is 2. The molecule has 322 valence electrons. The van der Waals surface area contributed by atoms with Crippen LogP contribution in [0.15, 0.2) is 109 Å². The summed E-state index contributed by atoms with van der Waals surface area (Å²) >= 11 is 0. The molecule has 2 fully saturated rings. The van der Waals surface area contributed by atoms with Crippen LogP contribution in [0.4, 0.5) is 0 Å². The summed E-state index contributed by atoms with van der Waals surface area (Å²) in [7, 11) is 4.15. The summed E-state index contributed by atoms with van der Waals surface area (Å²) in [6.45, 7) is 15.3. The third-order valence-corrected chi connectivity index (χ3v) is 11.1. The molecule has 4 aromatic carbocycles. The van der Waals surface area contributed by atoms with Gasteiger partial charge in [0.2, 0.25) is 12.2 Å². The lowest BCUT2D eigenvalue weighted by atomic mass is 9.93. The van der Waals surface area contributed by atoms with Crippen molar-refractivity contribution in [1.82, 2.24) is 20.4 Å². The van der Waals surface area contributed by atoms with Gasteiger partial charge in [0.15, 0.2) is 0 Å². The van der Waals surface area contributed by atoms with E-state index in [0.29, 0.717) is 12.1 Å². The summed E-state index contributed by atoms with van der Waals surface area (Å²) in [5, 5.41) is 25.5. The summed E-state index contributed by atoms with van der Waals surface area (Å²) in [4.78, 5) is 52.4. The van der Waals surface area contributed by atoms with Crippen molar-refractivity contribution in [2.75, 3.05) is 40.3 Å². The summed E-state index contributed by atoms with van der Waals surface area (Å²) in [5.74, 6) is -4.02. The van der Waals surface area contributed by atoms with Gasteiger partial charge in [-0.3, -0.25) is 9.80 Å². The summed E-state index contributed by atoms with van der Waals surface area (Å²) in [6, 6.07) is 34.9. The quantitative estimate of drug-likeness (QED) is 0.109. The van der Waals surface area contributed by atoms with Crippen LogP contribution in [0.2, 0.25) is 0 Å². The second-order valence-corrected chi connectivity index (χ2v) is 15.8. The molecule has 2 aliphatic heterocycles. The van der Waals surface area contributed by atoms with Crippen molar-refractivity contribution in [3.8, 4) is 0 Å². The number of likely N-dealkylation sites (tertiary alicyclic amines) is 2. The number of nitrogens with one attached hydrogen (secondary N) is 2. The maximum atomic E-state index is 12.2. The van der Waals surface area contributed by atoms with Crippen molar-refractivity contribution in [3.05, 3.63) is 143 Å². The van der Waals surface area contributed by atoms with Crippen molar-refractivity contribution >= 4 is 23.9 Å². The fraction of sp³-hybridized carbons (Fsp3) is 0.417. The molecule has 0 spiro atoms. The Hall–Kier alpha value is -5.40. The zero-order valence-corrected chi connectivity index (χ0v) is 35.8. The van der Waals surface area contributed by atoms with E-state index in [4.69, 9.17) is 9.47 Å². The summed E-state index contributed by atoms with van der Waals surface area (Å²) in [6.07, 6.45) is -1.84. The van der Waals surface area contributed by atoms with Crippen LogP contribution in [0.25, 0.3) is 0 Å². The molecule has 0 unspecified atom stereocenters. The minimum absolute atomic E-state index is 0.0332. The topological polar surface area (TPSA) is 158 Å². The fourth-order valence-electron chi connectivity index (χ4n) is 7.23. The minimum atomic E-state index is -2.22. The van der Waals surface area contributed by atoms with Crippen LogP contribution >= 0.6 is 0 Å². The lowest BCUT2D eigenvalue weighted by Gasteiger charge is -2.37. The predicted octanol–water partition coefficient (Wildman–Crippen LogP) is 6.46. The Balaban J connectivity index is 0.000000212. The van der Waals surface area contributed by atoms with Gasteiger partial charge in [-0.25, -0.2) is 19.2 Å². The molecule has 6 rings (SSSR count). The Labute approximate surface area is 354 Å². The Morgan fingerprint density at radius 1 is 0.583 bits per heavy atom. The number of likely N-dealkylation sites (N-methyl/N-ethyl adjacent to an activating group) is 2. The first kappa shape index (κ1) is 47.3. The number of nitrogens with zero attached hydrogens (tertiary/aromatic N) is 2. The third-order valence-electron chi connectivity index (χ3n) is 11.1. The Bertz CT molecular complexity index is 1790. The molecule has 12 nitrogen and oxygen atoms in total. The highest BCUT2D eigenvalue weighted by Crippen LogP contribution is 2.20. The second kappa shape index (κ2) is 24.0. The number of ether oxygens (including phenoxy) is 2. The molecule has 2 saturated heterocycles. The van der Waals surface area contributed by atoms with Gasteiger partial charge in [0.05, 0.1) is 11.1 Å². The van der Waals surface area contributed by atoms with Gasteiger partial charge in [0, 0.05) is 38.3 Å². The highest BCUT2D eigenvalue weighted by molar-refractivity contribution is 5.95. The normalized spacial score (nSPS) is 20.2. The number of carbonyl (C=O) groups is 4. The SMILES string of the molecule is CN[C@@H]1CN(Cc2ccccc2)CC[C@H]1C.CN[C@@H]1CN(Cc2ccccc2)CC[C@H]1C.Cc1ccc(C(=O)O[C@H](C(=O)O)[C@H](OC(=O)c2ccc(C)cc2)C(=O)O)cc1. The van der Waals surface area contributed by atoms with E-state index in [2.05, 4.69) is 109 Å². The number of carboxylic acid groups (broad SMARTS) is 2. The van der Waals surface area contributed by atoms with Crippen LogP contribution in [-0.4, -0.2) is 108 Å². The maximum absolute atomic E-state index is 12.2. The lowest BCUT2D eigenvalue weighted by molar-refractivity contribution is -0.166. The number of aryl methyl sites for hydroxylation is 2. The number of carboxylic acids is 2. The van der Waals surface area contributed by atoms with Gasteiger partial charge in [0.1, 0.15) is 0 Å². The first-order valence-corrected chi connectivity index (χ1v) is 20.7. The zero-order valence-electron chi connectivity index (χ0n) is 35.8. The molecule has 4 N–H and O–H groups in total. The van der Waals surface area contributed by atoms with E-state index in [1.807, 2.05) is 0 Å². The van der Waals surface area contributed by atoms with Gasteiger partial charge in [-0.2, -0.15) is 0 Å². The molecule has 0 saturated carbocycles. The average molecular weight is 823 g/mol. The molecule has 12 heteroatoms. The maximum Gasteiger partial charge on any atom is 0.349 e. The van der Waals surface area contributed by atoms with E-state index in [9.17, 15) is 29.4 Å². The van der Waals surface area contributed by atoms with Gasteiger partial charge in [0.25, 0.3) is 0 Å². The van der Waals surface area contributed by atoms with Crippen LogP contribution in [-0.2, 0) is 32.2 Å². The average Bonchev–Trinajstić information content (AvgIpc) is 3.25. The highest BCUT2D eigenvalue weighted by atomic mass is 16.6. The standard InChI is InChI=1S/C20H18O8.2C14H22N2/c1-11-3-7-13(8-4-11)19(25)27-15(17(21)22)16(18(23)24)28-20(26)14-9-5-12(2)6-10-14;2*1-12-8-9-16(11-14(12)15-2)10-13-6-4-3-5-7-13/h3-10,15-16H,1-2H3,(H,21,22)(H,23,24);2*3-7,12,14-15H,8-11H2,1-2H3/t15-,16-;2*12-,14-/m011/s1. The van der Waals surface area contributed by atoms with E-state index >= 15 is 0 Å². The number of piperidine rings is 2. The van der Waals surface area contributed by atoms with E-state index in [1.165, 1.54) is 74.4 Å². The lowest BCUT2D eigenvalue weighted by Crippen LogP contribution is -2.48. The third kappa shape index (κ3) is 15.0. The van der Waals surface area contributed by atoms with E-state index in [-0.39, 0.29) is 11.1 Å². The molecule has 2 aliphatic rings. The van der Waals surface area contributed by atoms with Crippen molar-refractivity contribution in [2.24, 2.45) is 11.8 Å². The number of hydrogen-bond donors (Lipinski definition) is 4. The molecule has 2 heterocycles. The minimum Gasteiger partial charge on any atom is -0.478 e. The molecule has 0 amide bonds. The molecular formula is C48H62N4O8. The zero-order chi connectivity index (χ0) is 43.6. The number of benzene rings is 4. The van der Waals surface area contributed by atoms with Crippen molar-refractivity contribution in [1.29, 1.82) is 0 Å². The number of hydrogen-bond acceptors (Lipinski definition) is 10. The summed E-state index contributed by atoms with van der Waals surface area (Å²) < 4.78 is 9.64. The molecular weight excluding hydrogens is 761 g/mol. The smallest absolute Gasteiger partial charge is 0.349 e. The first-order valence-electron chi connectivity index (χ1n) is 20.7. The molecule has 6 atom stereocenters. The van der Waals surface area contributed by atoms with Crippen LogP contribution in [0.1, 0.15) is 69.7 Å². The molecule has 60 heavy (non-hydrogen) atoms. The molecule has 0 aromatic heterocycles. The largest absolute Gasteiger partial charge is 0.478 e. The Morgan fingerprint density at radius 2 is 0.917 bits per heavy atom. The van der Waals surface area contributed by atoms with Gasteiger partial charge >= 0.3 is 23.9 Å². The van der Waals surface area contributed by atoms with Gasteiger partial charge < -0.3 is 30.3 Å². The van der Waals surface area contributed by atoms with Gasteiger partial charge in [-0.05, 0) is 101 Å². The molecule has 4 aromatic rings. The van der Waals surface area contributed by atoms with Crippen LogP contribution in [0, 0.1) is 25.7 Å². The first-order chi connectivity index (χ1) is 28.8. The number of rotatable bonds is 13. The highest BCUT2D eigenvalue weighted by Gasteiger charge is 2.41. The van der Waals surface area contributed by atoms with Crippen LogP contribution in [0.5, 0.6) is 0 Å². The molecule has 0 bridgehead atoms. The predicted molar refractivity (Wildman–Crippen MR) is 233 cm³/mol. The number of carbonyl (C=O) groups excluding carboxylic acids is 2. The van der Waals surface area contributed by atoms with E-state index < -0.39 is 36.1 Å². The fourth-order valence-corrected chi connectivity index (χ4v) is 7.23. The van der Waals surface area contributed by atoms with E-state index in [1.54, 1.807) is 38.1 Å². The molecule has 0 aliphatic carbocycles. The van der Waals surface area contributed by atoms with Crippen LogP contribution < -0.4 is 10.6 Å². The molecule has 0 radical (unpaired) electrons.